The molecule has 5 nitrogen and oxygen atoms in total. The summed E-state index contributed by atoms with van der Waals surface area (Å²) in [4.78, 5) is 3.62. The second kappa shape index (κ2) is 7.04. The third kappa shape index (κ3) is 4.80. The Kier molecular flexibility index (Phi) is 5.50. The summed E-state index contributed by atoms with van der Waals surface area (Å²) in [6.45, 7) is -0.163. The van der Waals surface area contributed by atoms with Gasteiger partial charge in [-0.3, -0.25) is 0 Å². The number of rotatable bonds is 6. The molecular formula is C12H11ClF3N3O2S2. The van der Waals surface area contributed by atoms with Crippen LogP contribution in [0.25, 0.3) is 0 Å². The molecule has 0 aromatic carbocycles. The zero-order valence-corrected chi connectivity index (χ0v) is 13.8. The van der Waals surface area contributed by atoms with E-state index in [0.717, 1.165) is 17.4 Å². The van der Waals surface area contributed by atoms with Crippen molar-refractivity contribution in [2.45, 2.75) is 10.4 Å². The van der Waals surface area contributed by atoms with E-state index in [1.165, 1.54) is 24.4 Å². The molecule has 2 aromatic heterocycles. The molecule has 0 bridgehead atoms. The molecule has 0 spiro atoms. The number of nitrogens with one attached hydrogen (secondary N) is 2. The molecular weight excluding hydrogens is 375 g/mol. The lowest BCUT2D eigenvalue weighted by Gasteiger charge is -2.13. The van der Waals surface area contributed by atoms with E-state index in [1.54, 1.807) is 0 Å². The van der Waals surface area contributed by atoms with Crippen LogP contribution in [0.15, 0.2) is 34.7 Å². The lowest BCUT2D eigenvalue weighted by molar-refractivity contribution is -0.137. The van der Waals surface area contributed by atoms with E-state index in [2.05, 4.69) is 15.0 Å². The zero-order chi connectivity index (χ0) is 17.1. The summed E-state index contributed by atoms with van der Waals surface area (Å²) in [7, 11) is -3.73. The first-order valence-electron chi connectivity index (χ1n) is 6.21. The molecule has 2 aromatic rings. The van der Waals surface area contributed by atoms with Gasteiger partial charge in [-0.05, 0) is 24.3 Å². The first-order valence-corrected chi connectivity index (χ1v) is 8.89. The van der Waals surface area contributed by atoms with Gasteiger partial charge in [-0.2, -0.15) is 13.2 Å². The van der Waals surface area contributed by atoms with Gasteiger partial charge in [0.25, 0.3) is 0 Å². The highest BCUT2D eigenvalue weighted by molar-refractivity contribution is 7.91. The first-order chi connectivity index (χ1) is 10.7. The molecule has 0 saturated heterocycles. The van der Waals surface area contributed by atoms with Crippen LogP contribution >= 0.6 is 22.9 Å². The lowest BCUT2D eigenvalue weighted by atomic mass is 10.2. The van der Waals surface area contributed by atoms with Crippen molar-refractivity contribution in [3.8, 4) is 0 Å². The maximum atomic E-state index is 12.8. The van der Waals surface area contributed by atoms with E-state index in [-0.39, 0.29) is 23.1 Å². The van der Waals surface area contributed by atoms with E-state index < -0.39 is 21.8 Å². The Morgan fingerprint density at radius 1 is 1.22 bits per heavy atom. The van der Waals surface area contributed by atoms with Crippen molar-refractivity contribution in [3.63, 3.8) is 0 Å². The second-order valence-electron chi connectivity index (χ2n) is 4.28. The molecule has 11 heteroatoms. The van der Waals surface area contributed by atoms with E-state index in [4.69, 9.17) is 11.6 Å². The zero-order valence-electron chi connectivity index (χ0n) is 11.4. The Bertz CT molecular complexity index is 778. The van der Waals surface area contributed by atoms with Gasteiger partial charge < -0.3 is 5.32 Å². The molecule has 0 aliphatic rings. The van der Waals surface area contributed by atoms with E-state index in [1.807, 2.05) is 0 Å². The highest BCUT2D eigenvalue weighted by Crippen LogP contribution is 2.33. The van der Waals surface area contributed by atoms with Gasteiger partial charge in [-0.15, -0.1) is 11.3 Å². The third-order valence-corrected chi connectivity index (χ3v) is 5.82. The maximum Gasteiger partial charge on any atom is 0.419 e. The molecule has 0 amide bonds. The van der Waals surface area contributed by atoms with Crippen molar-refractivity contribution in [2.24, 2.45) is 0 Å². The maximum absolute atomic E-state index is 12.8. The standard InChI is InChI=1S/C12H11ClF3N3O2S2/c13-9-3-4-10(22-9)23(20,21)19-7-6-18-11-8(12(14,15)16)2-1-5-17-11/h1-5,19H,6-7H2,(H,17,18). The van der Waals surface area contributed by atoms with Gasteiger partial charge in [0, 0.05) is 19.3 Å². The van der Waals surface area contributed by atoms with Gasteiger partial charge in [0.2, 0.25) is 10.0 Å². The first kappa shape index (κ1) is 18.0. The van der Waals surface area contributed by atoms with Gasteiger partial charge in [0.1, 0.15) is 10.0 Å². The molecule has 0 saturated carbocycles. The minimum atomic E-state index is -4.54. The summed E-state index contributed by atoms with van der Waals surface area (Å²) in [5, 5.41) is 2.47. The lowest BCUT2D eigenvalue weighted by Crippen LogP contribution is -2.29. The highest BCUT2D eigenvalue weighted by atomic mass is 35.5. The molecule has 2 N–H and O–H groups in total. The predicted octanol–water partition coefficient (Wildman–Crippen LogP) is 3.21. The van der Waals surface area contributed by atoms with Crippen LogP contribution in [0.3, 0.4) is 0 Å². The number of anilines is 1. The van der Waals surface area contributed by atoms with Crippen LogP contribution in [0.4, 0.5) is 19.0 Å². The minimum absolute atomic E-state index is 0.0383. The van der Waals surface area contributed by atoms with Crippen LogP contribution in [0, 0.1) is 0 Å². The molecule has 0 aliphatic heterocycles. The van der Waals surface area contributed by atoms with Crippen LogP contribution in [0.5, 0.6) is 0 Å². The summed E-state index contributed by atoms with van der Waals surface area (Å²) >= 11 is 6.56. The Morgan fingerprint density at radius 3 is 2.57 bits per heavy atom. The van der Waals surface area contributed by atoms with E-state index in [0.29, 0.717) is 4.34 Å². The number of halogens is 4. The number of alkyl halides is 3. The van der Waals surface area contributed by atoms with Crippen LogP contribution < -0.4 is 10.0 Å². The number of nitrogens with zero attached hydrogens (tertiary/aromatic N) is 1. The number of hydrogen-bond donors (Lipinski definition) is 2. The number of aromatic nitrogens is 1. The summed E-state index contributed by atoms with van der Waals surface area (Å²) in [6, 6.07) is 4.87. The van der Waals surface area contributed by atoms with Crippen molar-refractivity contribution in [1.82, 2.24) is 9.71 Å². The summed E-state index contributed by atoms with van der Waals surface area (Å²) < 4.78 is 64.7. The van der Waals surface area contributed by atoms with Crippen LogP contribution in [-0.4, -0.2) is 26.5 Å². The topological polar surface area (TPSA) is 71.1 Å². The highest BCUT2D eigenvalue weighted by Gasteiger charge is 2.33. The largest absolute Gasteiger partial charge is 0.419 e. The minimum Gasteiger partial charge on any atom is -0.368 e. The van der Waals surface area contributed by atoms with Crippen molar-refractivity contribution in [2.75, 3.05) is 18.4 Å². The predicted molar refractivity (Wildman–Crippen MR) is 82.2 cm³/mol. The molecule has 0 radical (unpaired) electrons. The number of sulfonamides is 1. The number of pyridine rings is 1. The Balaban J connectivity index is 1.94. The average molecular weight is 386 g/mol. The van der Waals surface area contributed by atoms with Crippen LogP contribution in [0.2, 0.25) is 4.34 Å². The SMILES string of the molecule is O=S(=O)(NCCNc1ncccc1C(F)(F)F)c1ccc(Cl)s1. The molecule has 0 unspecified atom stereocenters. The van der Waals surface area contributed by atoms with Crippen molar-refractivity contribution in [1.29, 1.82) is 0 Å². The Labute approximate surface area is 139 Å². The van der Waals surface area contributed by atoms with Crippen molar-refractivity contribution in [3.05, 3.63) is 40.4 Å². The van der Waals surface area contributed by atoms with Gasteiger partial charge >= 0.3 is 6.18 Å². The monoisotopic (exact) mass is 385 g/mol. The van der Waals surface area contributed by atoms with E-state index >= 15 is 0 Å². The molecule has 2 heterocycles. The van der Waals surface area contributed by atoms with Crippen LogP contribution in [-0.2, 0) is 16.2 Å². The summed E-state index contributed by atoms with van der Waals surface area (Å²) in [5.74, 6) is -0.349. The fourth-order valence-electron chi connectivity index (χ4n) is 1.65. The molecule has 0 atom stereocenters. The number of thiophene rings is 1. The normalized spacial score (nSPS) is 12.3. The molecule has 0 fully saturated rings. The quantitative estimate of drug-likeness (QED) is 0.749. The molecule has 23 heavy (non-hydrogen) atoms. The second-order valence-corrected chi connectivity index (χ2v) is 7.99. The number of hydrogen-bond acceptors (Lipinski definition) is 5. The molecule has 126 valence electrons. The molecule has 0 aliphatic carbocycles. The van der Waals surface area contributed by atoms with Crippen molar-refractivity contribution >= 4 is 38.8 Å². The Hall–Kier alpha value is -1.36. The van der Waals surface area contributed by atoms with Gasteiger partial charge in [-0.1, -0.05) is 11.6 Å². The van der Waals surface area contributed by atoms with Crippen molar-refractivity contribution < 1.29 is 21.6 Å². The smallest absolute Gasteiger partial charge is 0.368 e. The fourth-order valence-corrected chi connectivity index (χ4v) is 4.21. The third-order valence-electron chi connectivity index (χ3n) is 2.64. The van der Waals surface area contributed by atoms with Gasteiger partial charge in [-0.25, -0.2) is 18.1 Å². The fraction of sp³-hybridized carbons (Fsp3) is 0.250. The van der Waals surface area contributed by atoms with Gasteiger partial charge in [0.15, 0.2) is 0 Å². The Morgan fingerprint density at radius 2 is 1.96 bits per heavy atom. The average Bonchev–Trinajstić information content (AvgIpc) is 2.90. The summed E-state index contributed by atoms with van der Waals surface area (Å²) in [5.41, 5.74) is -0.909. The van der Waals surface area contributed by atoms with E-state index in [9.17, 15) is 21.6 Å². The summed E-state index contributed by atoms with van der Waals surface area (Å²) in [6.07, 6.45) is -3.32. The molecule has 2 rings (SSSR count). The van der Waals surface area contributed by atoms with Gasteiger partial charge in [0.05, 0.1) is 9.90 Å². The van der Waals surface area contributed by atoms with Crippen LogP contribution in [0.1, 0.15) is 5.56 Å².